The van der Waals surface area contributed by atoms with Crippen molar-refractivity contribution in [1.82, 2.24) is 0 Å². The lowest BCUT2D eigenvalue weighted by Gasteiger charge is -2.19. The van der Waals surface area contributed by atoms with E-state index >= 15 is 0 Å². The quantitative estimate of drug-likeness (QED) is 0.601. The molecular weight excluding hydrogens is 176 g/mol. The summed E-state index contributed by atoms with van der Waals surface area (Å²) in [4.78, 5) is 0. The summed E-state index contributed by atoms with van der Waals surface area (Å²) in [6, 6.07) is 1.35. The Labute approximate surface area is 80.1 Å². The van der Waals surface area contributed by atoms with Crippen LogP contribution in [0.4, 0.5) is 0 Å². The average molecular weight is 200 g/mol. The molecule has 72 valence electrons. The molecule has 0 aromatic rings. The van der Waals surface area contributed by atoms with E-state index in [1.807, 2.05) is 0 Å². The second-order valence-electron chi connectivity index (χ2n) is 5.90. The van der Waals surface area contributed by atoms with Crippen LogP contribution in [0.15, 0.2) is 11.3 Å². The third-order valence-electron chi connectivity index (χ3n) is 2.20. The van der Waals surface area contributed by atoms with Crippen molar-refractivity contribution >= 4 is 16.1 Å². The van der Waals surface area contributed by atoms with Crippen LogP contribution < -0.4 is 0 Å². The number of allylic oxidation sites excluding steroid dienone is 2. The molecule has 0 aliphatic rings. The van der Waals surface area contributed by atoms with Gasteiger partial charge in [-0.3, -0.25) is 0 Å². The highest BCUT2D eigenvalue weighted by Crippen LogP contribution is 2.17. The monoisotopic (exact) mass is 200 g/mol. The summed E-state index contributed by atoms with van der Waals surface area (Å²) in [5, 5.41) is 1.67. The van der Waals surface area contributed by atoms with E-state index in [4.69, 9.17) is 0 Å². The van der Waals surface area contributed by atoms with Crippen LogP contribution in [0.2, 0.25) is 45.3 Å². The molecule has 0 aliphatic carbocycles. The van der Waals surface area contributed by atoms with E-state index in [0.29, 0.717) is 0 Å². The van der Waals surface area contributed by atoms with Gasteiger partial charge in [-0.1, -0.05) is 50.6 Å². The first kappa shape index (κ1) is 12.2. The number of hydrogen-bond donors (Lipinski definition) is 0. The molecule has 0 aliphatic heterocycles. The van der Waals surface area contributed by atoms with Gasteiger partial charge in [0.2, 0.25) is 0 Å². The fourth-order valence-electron chi connectivity index (χ4n) is 0.765. The minimum atomic E-state index is -0.977. The van der Waals surface area contributed by atoms with Gasteiger partial charge in [-0.15, -0.1) is 0 Å². The number of hydrogen-bond acceptors (Lipinski definition) is 0. The second kappa shape index (κ2) is 3.92. The van der Waals surface area contributed by atoms with Crippen molar-refractivity contribution in [2.24, 2.45) is 0 Å². The smallest absolute Gasteiger partial charge is 0.0716 e. The molecule has 0 rings (SSSR count). The molecule has 0 aromatic heterocycles. The lowest BCUT2D eigenvalue weighted by Crippen LogP contribution is -2.24. The van der Waals surface area contributed by atoms with Crippen LogP contribution in [0.5, 0.6) is 0 Å². The van der Waals surface area contributed by atoms with Crippen LogP contribution >= 0.6 is 0 Å². The van der Waals surface area contributed by atoms with Crippen molar-refractivity contribution in [1.29, 1.82) is 0 Å². The van der Waals surface area contributed by atoms with Gasteiger partial charge in [0, 0.05) is 8.07 Å². The largest absolute Gasteiger partial charge is 0.0921 e. The first-order chi connectivity index (χ1) is 5.13. The van der Waals surface area contributed by atoms with Crippen LogP contribution in [0.1, 0.15) is 6.92 Å². The van der Waals surface area contributed by atoms with Gasteiger partial charge in [0.25, 0.3) is 0 Å². The minimum Gasteiger partial charge on any atom is -0.0921 e. The molecule has 0 amide bonds. The lowest BCUT2D eigenvalue weighted by atomic mass is 10.6. The van der Waals surface area contributed by atoms with Gasteiger partial charge in [-0.05, 0) is 13.0 Å². The first-order valence-corrected chi connectivity index (χ1v) is 12.0. The Hall–Kier alpha value is 0.174. The molecule has 0 atom stereocenters. The highest BCUT2D eigenvalue weighted by atomic mass is 28.3. The molecule has 0 N–H and O–H groups in total. The third kappa shape index (κ3) is 5.78. The van der Waals surface area contributed by atoms with Crippen molar-refractivity contribution in [3.05, 3.63) is 11.3 Å². The molecule has 0 saturated heterocycles. The zero-order valence-electron chi connectivity index (χ0n) is 9.78. The van der Waals surface area contributed by atoms with Gasteiger partial charge in [0.05, 0.1) is 8.07 Å². The normalized spacial score (nSPS) is 15.1. The fourth-order valence-corrected chi connectivity index (χ4v) is 2.60. The molecular formula is C10H24Si2. The summed E-state index contributed by atoms with van der Waals surface area (Å²) in [6.45, 7) is 16.9. The van der Waals surface area contributed by atoms with Crippen LogP contribution in [0, 0.1) is 0 Å². The van der Waals surface area contributed by atoms with E-state index in [-0.39, 0.29) is 0 Å². The topological polar surface area (TPSA) is 0 Å². The van der Waals surface area contributed by atoms with E-state index in [0.717, 1.165) is 0 Å². The van der Waals surface area contributed by atoms with Gasteiger partial charge in [-0.2, -0.15) is 0 Å². The Morgan fingerprint density at radius 3 is 1.67 bits per heavy atom. The van der Waals surface area contributed by atoms with Gasteiger partial charge < -0.3 is 0 Å². The fraction of sp³-hybridized carbons (Fsp3) is 0.800. The third-order valence-corrected chi connectivity index (χ3v) is 6.20. The lowest BCUT2D eigenvalue weighted by molar-refractivity contribution is 1.43. The molecule has 0 spiro atoms. The van der Waals surface area contributed by atoms with Crippen molar-refractivity contribution in [2.75, 3.05) is 0 Å². The SMILES string of the molecule is C/C(=C\C[Si](C)(C)C)[Si](C)(C)C. The molecule has 0 nitrogen and oxygen atoms in total. The first-order valence-electron chi connectivity index (χ1n) is 4.80. The van der Waals surface area contributed by atoms with Crippen molar-refractivity contribution in [2.45, 2.75) is 52.2 Å². The molecule has 0 heterocycles. The highest BCUT2D eigenvalue weighted by Gasteiger charge is 2.17. The van der Waals surface area contributed by atoms with Gasteiger partial charge in [0.15, 0.2) is 0 Å². The summed E-state index contributed by atoms with van der Waals surface area (Å²) in [5.74, 6) is 0. The Morgan fingerprint density at radius 2 is 1.42 bits per heavy atom. The molecule has 0 unspecified atom stereocenters. The van der Waals surface area contributed by atoms with Crippen LogP contribution in [-0.4, -0.2) is 16.1 Å². The molecule has 0 bridgehead atoms. The summed E-state index contributed by atoms with van der Waals surface area (Å²) < 4.78 is 0. The Kier molecular flexibility index (Phi) is 3.98. The Morgan fingerprint density at radius 1 is 1.00 bits per heavy atom. The standard InChI is InChI=1S/C10H24Si2/c1-10(12(5,6)7)8-9-11(2,3)4/h8H,9H2,1-7H3/b10-8+. The van der Waals surface area contributed by atoms with E-state index < -0.39 is 16.1 Å². The van der Waals surface area contributed by atoms with Gasteiger partial charge >= 0.3 is 0 Å². The van der Waals surface area contributed by atoms with E-state index in [2.05, 4.69) is 52.3 Å². The van der Waals surface area contributed by atoms with Crippen molar-refractivity contribution in [3.63, 3.8) is 0 Å². The van der Waals surface area contributed by atoms with Crippen LogP contribution in [0.3, 0.4) is 0 Å². The van der Waals surface area contributed by atoms with Gasteiger partial charge in [0.1, 0.15) is 0 Å². The van der Waals surface area contributed by atoms with Crippen LogP contribution in [0.25, 0.3) is 0 Å². The van der Waals surface area contributed by atoms with E-state index in [9.17, 15) is 0 Å². The maximum Gasteiger partial charge on any atom is 0.0716 e. The molecule has 0 fully saturated rings. The highest BCUT2D eigenvalue weighted by molar-refractivity contribution is 6.83. The predicted molar refractivity (Wildman–Crippen MR) is 65.3 cm³/mol. The molecule has 0 aromatic carbocycles. The van der Waals surface area contributed by atoms with E-state index in [1.165, 1.54) is 6.04 Å². The minimum absolute atomic E-state index is 0.853. The zero-order chi connectivity index (χ0) is 9.99. The van der Waals surface area contributed by atoms with Crippen LogP contribution in [-0.2, 0) is 0 Å². The maximum atomic E-state index is 2.50. The summed E-state index contributed by atoms with van der Waals surface area (Å²) in [5.41, 5.74) is 0. The zero-order valence-corrected chi connectivity index (χ0v) is 11.8. The van der Waals surface area contributed by atoms with Gasteiger partial charge in [-0.25, -0.2) is 0 Å². The molecule has 0 radical (unpaired) electrons. The molecule has 12 heavy (non-hydrogen) atoms. The second-order valence-corrected chi connectivity index (χ2v) is 16.7. The summed E-state index contributed by atoms with van der Waals surface area (Å²) in [6.07, 6.45) is 2.50. The summed E-state index contributed by atoms with van der Waals surface area (Å²) >= 11 is 0. The molecule has 2 heteroatoms. The maximum absolute atomic E-state index is 2.50. The predicted octanol–water partition coefficient (Wildman–Crippen LogP) is 4.15. The van der Waals surface area contributed by atoms with Crippen molar-refractivity contribution < 1.29 is 0 Å². The van der Waals surface area contributed by atoms with Crippen molar-refractivity contribution in [3.8, 4) is 0 Å². The number of rotatable bonds is 3. The summed E-state index contributed by atoms with van der Waals surface area (Å²) in [7, 11) is -1.83. The Bertz CT molecular complexity index is 167. The average Bonchev–Trinajstić information content (AvgIpc) is 1.78. The Balaban J connectivity index is 4.21. The molecule has 0 saturated carbocycles. The van der Waals surface area contributed by atoms with E-state index in [1.54, 1.807) is 5.20 Å².